The highest BCUT2D eigenvalue weighted by Crippen LogP contribution is 2.17. The fraction of sp³-hybridized carbons (Fsp3) is 0.902. The number of allylic oxidation sites excluding steroid dienone is 4. The second-order valence-corrected chi connectivity index (χ2v) is 20.3. The van der Waals surface area contributed by atoms with Gasteiger partial charge in [0.25, 0.3) is 0 Å². The van der Waals surface area contributed by atoms with E-state index in [1.165, 1.54) is 257 Å². The van der Waals surface area contributed by atoms with Crippen molar-refractivity contribution in [3.05, 3.63) is 24.3 Å². The summed E-state index contributed by atoms with van der Waals surface area (Å²) < 4.78 is 17.5. The highest BCUT2D eigenvalue weighted by Gasteiger charge is 2.17. The van der Waals surface area contributed by atoms with E-state index < -0.39 is 6.10 Å². The summed E-state index contributed by atoms with van der Waals surface area (Å²) in [5.74, 6) is -0.377. The fourth-order valence-corrected chi connectivity index (χ4v) is 9.01. The van der Waals surface area contributed by atoms with Crippen molar-refractivity contribution in [2.45, 2.75) is 335 Å². The van der Waals surface area contributed by atoms with E-state index in [9.17, 15) is 9.59 Å². The summed E-state index contributed by atoms with van der Waals surface area (Å²) >= 11 is 0. The van der Waals surface area contributed by atoms with Crippen molar-refractivity contribution < 1.29 is 23.8 Å². The Morgan fingerprint density at radius 2 is 0.636 bits per heavy atom. The number of unbranched alkanes of at least 4 members (excludes halogenated alkanes) is 41. The third-order valence-corrected chi connectivity index (χ3v) is 13.5. The summed E-state index contributed by atoms with van der Waals surface area (Å²) in [5, 5.41) is 0. The Kier molecular flexibility index (Phi) is 56.3. The molecule has 0 amide bonds. The van der Waals surface area contributed by atoms with E-state index in [1.54, 1.807) is 0 Å². The number of hydrogen-bond acceptors (Lipinski definition) is 5. The van der Waals surface area contributed by atoms with Crippen LogP contribution in [0.25, 0.3) is 0 Å². The van der Waals surface area contributed by atoms with Crippen LogP contribution < -0.4 is 0 Å². The van der Waals surface area contributed by atoms with Crippen molar-refractivity contribution >= 4 is 11.9 Å². The molecule has 66 heavy (non-hydrogen) atoms. The summed E-state index contributed by atoms with van der Waals surface area (Å²) in [6.45, 7) is 7.88. The maximum atomic E-state index is 12.9. The number of ether oxygens (including phenoxy) is 3. The van der Waals surface area contributed by atoms with Crippen molar-refractivity contribution in [2.24, 2.45) is 0 Å². The first kappa shape index (κ1) is 64.4. The van der Waals surface area contributed by atoms with Crippen molar-refractivity contribution in [3.63, 3.8) is 0 Å². The van der Waals surface area contributed by atoms with Crippen LogP contribution in [-0.4, -0.2) is 37.9 Å². The molecule has 0 unspecified atom stereocenters. The predicted molar refractivity (Wildman–Crippen MR) is 289 cm³/mol. The molecule has 0 saturated carbocycles. The van der Waals surface area contributed by atoms with E-state index in [0.717, 1.165) is 38.5 Å². The number of rotatable bonds is 56. The van der Waals surface area contributed by atoms with Crippen LogP contribution in [0.1, 0.15) is 329 Å². The van der Waals surface area contributed by atoms with Crippen molar-refractivity contribution in [1.82, 2.24) is 0 Å². The summed E-state index contributed by atoms with van der Waals surface area (Å²) in [7, 11) is 0. The average Bonchev–Trinajstić information content (AvgIpc) is 3.32. The van der Waals surface area contributed by atoms with Crippen molar-refractivity contribution in [3.8, 4) is 0 Å². The molecule has 0 bridgehead atoms. The van der Waals surface area contributed by atoms with Gasteiger partial charge in [0.2, 0.25) is 0 Å². The summed E-state index contributed by atoms with van der Waals surface area (Å²) in [4.78, 5) is 25.5. The highest BCUT2D eigenvalue weighted by atomic mass is 16.6. The van der Waals surface area contributed by atoms with Gasteiger partial charge >= 0.3 is 11.9 Å². The lowest BCUT2D eigenvalue weighted by Crippen LogP contribution is -2.30. The predicted octanol–water partition coefficient (Wildman–Crippen LogP) is 20.4. The number of esters is 2. The molecule has 0 saturated heterocycles. The third kappa shape index (κ3) is 55.0. The van der Waals surface area contributed by atoms with Crippen LogP contribution in [0.5, 0.6) is 0 Å². The molecule has 0 spiro atoms. The zero-order valence-corrected chi connectivity index (χ0v) is 45.0. The second kappa shape index (κ2) is 57.7. The zero-order chi connectivity index (χ0) is 47.7. The molecule has 0 aliphatic rings. The van der Waals surface area contributed by atoms with Gasteiger partial charge in [-0.1, -0.05) is 289 Å². The quantitative estimate of drug-likeness (QED) is 0.0345. The SMILES string of the molecule is CCCCC/C=C\C/C=C\CCCCCCCCCCCC(=O)OC[C@@H](COCCCCCCCCCCCCCCCCCC)OC(=O)CCCCCCCCCCCCCCCCC. The number of carbonyl (C=O) groups excluding carboxylic acids is 2. The minimum Gasteiger partial charge on any atom is -0.462 e. The minimum atomic E-state index is -0.530. The van der Waals surface area contributed by atoms with Crippen LogP contribution >= 0.6 is 0 Å². The minimum absolute atomic E-state index is 0.0916. The Labute approximate surface area is 413 Å². The molecule has 0 aliphatic carbocycles. The van der Waals surface area contributed by atoms with Gasteiger partial charge in [-0.2, -0.15) is 0 Å². The number of hydrogen-bond donors (Lipinski definition) is 0. The van der Waals surface area contributed by atoms with Gasteiger partial charge in [-0.15, -0.1) is 0 Å². The molecule has 0 aromatic rings. The standard InChI is InChI=1S/C61H116O5/c1-4-7-10-13-16-19-22-25-28-30-31-32-34-36-39-42-45-48-51-54-60(62)65-58-59(57-64-56-53-50-47-44-41-38-35-29-26-23-20-17-14-11-8-5-2)66-61(63)55-52-49-46-43-40-37-33-27-24-21-18-15-12-9-6-3/h16,19,25,28,59H,4-15,17-18,20-24,26-27,29-58H2,1-3H3/b19-16-,28-25-/t59-/m1/s1. The smallest absolute Gasteiger partial charge is 0.306 e. The maximum Gasteiger partial charge on any atom is 0.306 e. The molecule has 0 N–H and O–H groups in total. The Bertz CT molecular complexity index is 1010. The Balaban J connectivity index is 4.21. The van der Waals surface area contributed by atoms with Crippen LogP contribution in [0.2, 0.25) is 0 Å². The Hall–Kier alpha value is -1.62. The zero-order valence-electron chi connectivity index (χ0n) is 45.0. The molecule has 390 valence electrons. The molecule has 0 aliphatic heterocycles. The molecule has 0 heterocycles. The fourth-order valence-electron chi connectivity index (χ4n) is 9.01. The van der Waals surface area contributed by atoms with E-state index in [-0.39, 0.29) is 18.5 Å². The summed E-state index contributed by atoms with van der Waals surface area (Å²) in [6, 6.07) is 0. The normalized spacial score (nSPS) is 12.2. The summed E-state index contributed by atoms with van der Waals surface area (Å²) in [6.07, 6.45) is 69.1. The van der Waals surface area contributed by atoms with E-state index in [2.05, 4.69) is 45.1 Å². The molecule has 0 rings (SSSR count). The molecule has 1 atom stereocenters. The van der Waals surface area contributed by atoms with Gasteiger partial charge in [0, 0.05) is 19.4 Å². The van der Waals surface area contributed by atoms with Crippen molar-refractivity contribution in [2.75, 3.05) is 19.8 Å². The first-order chi connectivity index (χ1) is 32.6. The van der Waals surface area contributed by atoms with Gasteiger partial charge in [0.05, 0.1) is 6.61 Å². The Morgan fingerprint density at radius 1 is 0.333 bits per heavy atom. The van der Waals surface area contributed by atoms with Gasteiger partial charge in [-0.05, 0) is 51.4 Å². The monoisotopic (exact) mass is 929 g/mol. The van der Waals surface area contributed by atoms with Gasteiger partial charge in [0.1, 0.15) is 6.61 Å². The van der Waals surface area contributed by atoms with Gasteiger partial charge in [0.15, 0.2) is 6.10 Å². The lowest BCUT2D eigenvalue weighted by molar-refractivity contribution is -0.163. The Morgan fingerprint density at radius 3 is 1.03 bits per heavy atom. The molecule has 0 aromatic carbocycles. The van der Waals surface area contributed by atoms with Gasteiger partial charge < -0.3 is 14.2 Å². The lowest BCUT2D eigenvalue weighted by Gasteiger charge is -2.18. The average molecular weight is 930 g/mol. The third-order valence-electron chi connectivity index (χ3n) is 13.5. The summed E-state index contributed by atoms with van der Waals surface area (Å²) in [5.41, 5.74) is 0. The lowest BCUT2D eigenvalue weighted by atomic mass is 10.0. The molecule has 5 nitrogen and oxygen atoms in total. The molecular formula is C61H116O5. The van der Waals surface area contributed by atoms with E-state index >= 15 is 0 Å². The second-order valence-electron chi connectivity index (χ2n) is 20.3. The maximum absolute atomic E-state index is 12.9. The van der Waals surface area contributed by atoms with Crippen LogP contribution in [-0.2, 0) is 23.8 Å². The largest absolute Gasteiger partial charge is 0.462 e. The number of carbonyl (C=O) groups is 2. The van der Waals surface area contributed by atoms with Crippen LogP contribution in [0.4, 0.5) is 0 Å². The molecule has 0 aromatic heterocycles. The first-order valence-corrected chi connectivity index (χ1v) is 29.9. The molecule has 0 radical (unpaired) electrons. The molecule has 0 fully saturated rings. The highest BCUT2D eigenvalue weighted by molar-refractivity contribution is 5.70. The van der Waals surface area contributed by atoms with E-state index in [0.29, 0.717) is 26.1 Å². The first-order valence-electron chi connectivity index (χ1n) is 29.9. The van der Waals surface area contributed by atoms with Crippen LogP contribution in [0.15, 0.2) is 24.3 Å². The van der Waals surface area contributed by atoms with Gasteiger partial charge in [-0.25, -0.2) is 0 Å². The van der Waals surface area contributed by atoms with Gasteiger partial charge in [-0.3, -0.25) is 9.59 Å². The van der Waals surface area contributed by atoms with Crippen LogP contribution in [0.3, 0.4) is 0 Å². The van der Waals surface area contributed by atoms with Crippen LogP contribution in [0, 0.1) is 0 Å². The molecular weight excluding hydrogens is 813 g/mol. The molecule has 5 heteroatoms. The van der Waals surface area contributed by atoms with E-state index in [1.807, 2.05) is 0 Å². The van der Waals surface area contributed by atoms with E-state index in [4.69, 9.17) is 14.2 Å². The topological polar surface area (TPSA) is 61.8 Å². The van der Waals surface area contributed by atoms with Crippen molar-refractivity contribution in [1.29, 1.82) is 0 Å².